The number of rotatable bonds is 6. The first-order valence-corrected chi connectivity index (χ1v) is 10.5. The highest BCUT2D eigenvalue weighted by molar-refractivity contribution is 7.98. The highest BCUT2D eigenvalue weighted by Crippen LogP contribution is 2.36. The van der Waals surface area contributed by atoms with E-state index in [0.717, 1.165) is 28.1 Å². The molecule has 0 aliphatic heterocycles. The Kier molecular flexibility index (Phi) is 5.14. The van der Waals surface area contributed by atoms with Gasteiger partial charge in [-0.3, -0.25) is 0 Å². The third-order valence-electron chi connectivity index (χ3n) is 4.50. The van der Waals surface area contributed by atoms with Gasteiger partial charge in [0.05, 0.1) is 5.75 Å². The number of thioether (sulfide) groups is 1. The maximum Gasteiger partial charge on any atom is 0.257 e. The number of hydrogen-bond acceptors (Lipinski definition) is 6. The zero-order valence-corrected chi connectivity index (χ0v) is 16.8. The van der Waals surface area contributed by atoms with Gasteiger partial charge in [-0.15, -0.1) is 10.2 Å². The SMILES string of the molecule is c1ccc(-c2nnc(CSc3nc(-c4ccccc4)c(-c4ccccc4)o3)o2)cc1. The molecule has 6 heteroatoms. The molecule has 0 amide bonds. The Bertz CT molecular complexity index is 1180. The van der Waals surface area contributed by atoms with E-state index in [0.29, 0.717) is 22.8 Å². The predicted octanol–water partition coefficient (Wildman–Crippen LogP) is 6.35. The highest BCUT2D eigenvalue weighted by Gasteiger charge is 2.18. The molecule has 0 aliphatic rings. The Morgan fingerprint density at radius 1 is 0.633 bits per heavy atom. The van der Waals surface area contributed by atoms with Gasteiger partial charge >= 0.3 is 0 Å². The van der Waals surface area contributed by atoms with E-state index in [4.69, 9.17) is 13.8 Å². The lowest BCUT2D eigenvalue weighted by Gasteiger charge is -2.00. The molecule has 30 heavy (non-hydrogen) atoms. The van der Waals surface area contributed by atoms with Crippen molar-refractivity contribution in [2.45, 2.75) is 11.0 Å². The third-order valence-corrected chi connectivity index (χ3v) is 5.31. The zero-order valence-electron chi connectivity index (χ0n) is 15.9. The number of aromatic nitrogens is 3. The highest BCUT2D eigenvalue weighted by atomic mass is 32.2. The van der Waals surface area contributed by atoms with Crippen molar-refractivity contribution in [3.8, 4) is 34.0 Å². The lowest BCUT2D eigenvalue weighted by Crippen LogP contribution is -1.82. The Hall–Kier alpha value is -3.64. The van der Waals surface area contributed by atoms with E-state index in [2.05, 4.69) is 10.2 Å². The van der Waals surface area contributed by atoms with Gasteiger partial charge in [-0.2, -0.15) is 0 Å². The Balaban J connectivity index is 1.40. The van der Waals surface area contributed by atoms with E-state index in [-0.39, 0.29) is 0 Å². The van der Waals surface area contributed by atoms with Crippen LogP contribution in [0.3, 0.4) is 0 Å². The fourth-order valence-electron chi connectivity index (χ4n) is 3.07. The van der Waals surface area contributed by atoms with Crippen molar-refractivity contribution in [3.63, 3.8) is 0 Å². The Labute approximate surface area is 177 Å². The zero-order chi connectivity index (χ0) is 20.2. The van der Waals surface area contributed by atoms with Crippen LogP contribution in [-0.2, 0) is 5.75 Å². The molecule has 0 N–H and O–H groups in total. The van der Waals surface area contributed by atoms with Crippen LogP contribution in [0.5, 0.6) is 0 Å². The summed E-state index contributed by atoms with van der Waals surface area (Å²) >= 11 is 1.43. The average Bonchev–Trinajstić information content (AvgIpc) is 3.47. The lowest BCUT2D eigenvalue weighted by atomic mass is 10.1. The molecule has 0 saturated heterocycles. The van der Waals surface area contributed by atoms with Crippen molar-refractivity contribution in [1.82, 2.24) is 15.2 Å². The van der Waals surface area contributed by atoms with Crippen LogP contribution in [0.4, 0.5) is 0 Å². The second-order valence-corrected chi connectivity index (χ2v) is 7.47. The molecule has 0 spiro atoms. The normalized spacial score (nSPS) is 10.9. The number of hydrogen-bond donors (Lipinski definition) is 0. The molecule has 0 unspecified atom stereocenters. The molecule has 2 aromatic heterocycles. The summed E-state index contributed by atoms with van der Waals surface area (Å²) in [6.45, 7) is 0. The number of oxazole rings is 1. The Morgan fingerprint density at radius 3 is 1.90 bits per heavy atom. The summed E-state index contributed by atoms with van der Waals surface area (Å²) in [5.41, 5.74) is 3.71. The number of nitrogens with zero attached hydrogens (tertiary/aromatic N) is 3. The predicted molar refractivity (Wildman–Crippen MR) is 117 cm³/mol. The molecule has 146 valence electrons. The van der Waals surface area contributed by atoms with Crippen LogP contribution in [0.25, 0.3) is 34.0 Å². The lowest BCUT2D eigenvalue weighted by molar-refractivity contribution is 0.464. The van der Waals surface area contributed by atoms with E-state index >= 15 is 0 Å². The Morgan fingerprint density at radius 2 is 1.23 bits per heavy atom. The van der Waals surface area contributed by atoms with Crippen LogP contribution in [0.15, 0.2) is 105 Å². The minimum Gasteiger partial charge on any atom is -0.431 e. The molecule has 0 aliphatic carbocycles. The molecular weight excluding hydrogens is 394 g/mol. The van der Waals surface area contributed by atoms with E-state index < -0.39 is 0 Å². The first-order valence-electron chi connectivity index (χ1n) is 9.49. The van der Waals surface area contributed by atoms with Crippen LogP contribution in [-0.4, -0.2) is 15.2 Å². The first kappa shape index (κ1) is 18.4. The maximum absolute atomic E-state index is 6.13. The smallest absolute Gasteiger partial charge is 0.257 e. The fourth-order valence-corrected chi connectivity index (χ4v) is 3.73. The van der Waals surface area contributed by atoms with Gasteiger partial charge < -0.3 is 8.83 Å². The summed E-state index contributed by atoms with van der Waals surface area (Å²) in [5.74, 6) is 2.26. The molecule has 0 radical (unpaired) electrons. The van der Waals surface area contributed by atoms with Gasteiger partial charge in [0.1, 0.15) is 5.69 Å². The van der Waals surface area contributed by atoms with Gasteiger partial charge in [0.25, 0.3) is 5.22 Å². The molecular formula is C24H17N3O2S. The third kappa shape index (κ3) is 3.90. The van der Waals surface area contributed by atoms with E-state index in [1.54, 1.807) is 0 Å². The average molecular weight is 411 g/mol. The van der Waals surface area contributed by atoms with Crippen molar-refractivity contribution in [2.75, 3.05) is 0 Å². The maximum atomic E-state index is 6.13. The topological polar surface area (TPSA) is 65.0 Å². The van der Waals surface area contributed by atoms with Crippen molar-refractivity contribution in [2.24, 2.45) is 0 Å². The van der Waals surface area contributed by atoms with Crippen LogP contribution in [0, 0.1) is 0 Å². The standard InChI is InChI=1S/C24H17N3O2S/c1-4-10-17(11-5-1)21-22(18-12-6-2-7-13-18)29-24(25-21)30-16-20-26-27-23(28-20)19-14-8-3-9-15-19/h1-15H,16H2. The summed E-state index contributed by atoms with van der Waals surface area (Å²) < 4.78 is 11.9. The number of benzene rings is 3. The molecule has 5 aromatic rings. The monoisotopic (exact) mass is 411 g/mol. The summed E-state index contributed by atoms with van der Waals surface area (Å²) in [6.07, 6.45) is 0. The van der Waals surface area contributed by atoms with Crippen LogP contribution in [0.2, 0.25) is 0 Å². The van der Waals surface area contributed by atoms with Crippen LogP contribution < -0.4 is 0 Å². The van der Waals surface area contributed by atoms with Crippen LogP contribution in [0.1, 0.15) is 5.89 Å². The van der Waals surface area contributed by atoms with E-state index in [1.807, 2.05) is 91.0 Å². The largest absolute Gasteiger partial charge is 0.431 e. The summed E-state index contributed by atoms with van der Waals surface area (Å²) in [7, 11) is 0. The summed E-state index contributed by atoms with van der Waals surface area (Å²) in [5, 5.41) is 8.84. The van der Waals surface area contributed by atoms with Gasteiger partial charge in [0, 0.05) is 16.7 Å². The van der Waals surface area contributed by atoms with Gasteiger partial charge in [0.15, 0.2) is 5.76 Å². The quantitative estimate of drug-likeness (QED) is 0.303. The molecule has 0 fully saturated rings. The molecule has 5 nitrogen and oxygen atoms in total. The molecule has 0 bridgehead atoms. The minimum atomic E-state index is 0.475. The summed E-state index contributed by atoms with van der Waals surface area (Å²) in [6, 6.07) is 29.8. The van der Waals surface area contributed by atoms with E-state index in [9.17, 15) is 0 Å². The van der Waals surface area contributed by atoms with Crippen molar-refractivity contribution < 1.29 is 8.83 Å². The van der Waals surface area contributed by atoms with Gasteiger partial charge in [-0.25, -0.2) is 4.98 Å². The summed E-state index contributed by atoms with van der Waals surface area (Å²) in [4.78, 5) is 4.74. The van der Waals surface area contributed by atoms with E-state index in [1.165, 1.54) is 11.8 Å². The molecule has 3 aromatic carbocycles. The molecule has 0 saturated carbocycles. The van der Waals surface area contributed by atoms with Crippen molar-refractivity contribution in [1.29, 1.82) is 0 Å². The second kappa shape index (κ2) is 8.39. The van der Waals surface area contributed by atoms with Gasteiger partial charge in [0.2, 0.25) is 11.8 Å². The molecule has 0 atom stereocenters. The van der Waals surface area contributed by atoms with Gasteiger partial charge in [-0.1, -0.05) is 90.6 Å². The fraction of sp³-hybridized carbons (Fsp3) is 0.0417. The van der Waals surface area contributed by atoms with Crippen LogP contribution >= 0.6 is 11.8 Å². The minimum absolute atomic E-state index is 0.475. The van der Waals surface area contributed by atoms with Crippen molar-refractivity contribution >= 4 is 11.8 Å². The van der Waals surface area contributed by atoms with Gasteiger partial charge in [-0.05, 0) is 12.1 Å². The second-order valence-electron chi connectivity index (χ2n) is 6.55. The molecule has 2 heterocycles. The molecule has 5 rings (SSSR count). The first-order chi connectivity index (χ1) is 14.9. The van der Waals surface area contributed by atoms with Crippen molar-refractivity contribution in [3.05, 3.63) is 96.9 Å².